The lowest BCUT2D eigenvalue weighted by molar-refractivity contribution is -0.116. The first kappa shape index (κ1) is 19.2. The standard InChI is InChI=1S/C19H14F2N6O3/c1-30-13-4-2-3-12(8-13)27-18-17(24-25-27)19(29)26(10-22-18)9-16(28)23-15-6-5-11(20)7-14(15)21/h2-8,10H,9H2,1H3,(H,23,28). The van der Waals surface area contributed by atoms with Gasteiger partial charge in [0.05, 0.1) is 18.5 Å². The van der Waals surface area contributed by atoms with Gasteiger partial charge in [-0.1, -0.05) is 11.3 Å². The zero-order valence-electron chi connectivity index (χ0n) is 15.5. The van der Waals surface area contributed by atoms with Crippen molar-refractivity contribution in [2.75, 3.05) is 12.4 Å². The average Bonchev–Trinajstić information content (AvgIpc) is 3.17. The van der Waals surface area contributed by atoms with E-state index in [-0.39, 0.29) is 16.9 Å². The molecule has 2 heterocycles. The maximum absolute atomic E-state index is 13.7. The van der Waals surface area contributed by atoms with E-state index in [0.29, 0.717) is 17.5 Å². The molecule has 1 N–H and O–H groups in total. The predicted molar refractivity (Wildman–Crippen MR) is 102 cm³/mol. The summed E-state index contributed by atoms with van der Waals surface area (Å²) in [6.07, 6.45) is 1.17. The second-order valence-corrected chi connectivity index (χ2v) is 6.22. The first-order valence-electron chi connectivity index (χ1n) is 8.66. The summed E-state index contributed by atoms with van der Waals surface area (Å²) in [5.41, 5.74) is -0.0436. The smallest absolute Gasteiger partial charge is 0.284 e. The molecule has 0 aliphatic heterocycles. The highest BCUT2D eigenvalue weighted by atomic mass is 19.1. The Bertz CT molecular complexity index is 1320. The van der Waals surface area contributed by atoms with Crippen LogP contribution in [0.1, 0.15) is 0 Å². The van der Waals surface area contributed by atoms with E-state index in [4.69, 9.17) is 4.74 Å². The van der Waals surface area contributed by atoms with Gasteiger partial charge < -0.3 is 10.1 Å². The lowest BCUT2D eigenvalue weighted by atomic mass is 10.3. The van der Waals surface area contributed by atoms with Gasteiger partial charge >= 0.3 is 0 Å². The fraction of sp³-hybridized carbons (Fsp3) is 0.105. The van der Waals surface area contributed by atoms with Gasteiger partial charge in [-0.05, 0) is 24.3 Å². The van der Waals surface area contributed by atoms with Gasteiger partial charge in [-0.2, -0.15) is 4.68 Å². The van der Waals surface area contributed by atoms with Crippen molar-refractivity contribution in [1.29, 1.82) is 0 Å². The minimum Gasteiger partial charge on any atom is -0.497 e. The summed E-state index contributed by atoms with van der Waals surface area (Å²) in [4.78, 5) is 29.0. The van der Waals surface area contributed by atoms with Crippen molar-refractivity contribution in [2.45, 2.75) is 6.54 Å². The van der Waals surface area contributed by atoms with Gasteiger partial charge in [-0.25, -0.2) is 13.8 Å². The highest BCUT2D eigenvalue weighted by molar-refractivity contribution is 5.90. The molecule has 2 aromatic carbocycles. The summed E-state index contributed by atoms with van der Waals surface area (Å²) >= 11 is 0. The first-order valence-corrected chi connectivity index (χ1v) is 8.66. The number of carbonyl (C=O) groups is 1. The number of aromatic nitrogens is 5. The van der Waals surface area contributed by atoms with Crippen LogP contribution in [0.4, 0.5) is 14.5 Å². The molecule has 0 radical (unpaired) electrons. The number of nitrogens with zero attached hydrogens (tertiary/aromatic N) is 5. The summed E-state index contributed by atoms with van der Waals surface area (Å²) in [6, 6.07) is 9.70. The predicted octanol–water partition coefficient (Wildman–Crippen LogP) is 1.90. The van der Waals surface area contributed by atoms with Gasteiger partial charge in [0.2, 0.25) is 5.91 Å². The Kier molecular flexibility index (Phi) is 4.92. The molecule has 0 aliphatic carbocycles. The Morgan fingerprint density at radius 2 is 2.03 bits per heavy atom. The molecular formula is C19H14F2N6O3. The monoisotopic (exact) mass is 412 g/mol. The molecule has 1 amide bonds. The van der Waals surface area contributed by atoms with Crippen LogP contribution in [-0.2, 0) is 11.3 Å². The van der Waals surface area contributed by atoms with Crippen LogP contribution in [0.3, 0.4) is 0 Å². The van der Waals surface area contributed by atoms with Crippen LogP contribution in [0.5, 0.6) is 5.75 Å². The van der Waals surface area contributed by atoms with Crippen LogP contribution >= 0.6 is 0 Å². The molecule has 30 heavy (non-hydrogen) atoms. The van der Waals surface area contributed by atoms with Crippen LogP contribution in [0.2, 0.25) is 0 Å². The summed E-state index contributed by atoms with van der Waals surface area (Å²) in [7, 11) is 1.53. The molecule has 2 aromatic heterocycles. The average molecular weight is 412 g/mol. The van der Waals surface area contributed by atoms with Crippen LogP contribution in [0.25, 0.3) is 16.9 Å². The normalized spacial score (nSPS) is 10.9. The third-order valence-corrected chi connectivity index (χ3v) is 4.25. The Balaban J connectivity index is 1.61. The van der Waals surface area contributed by atoms with E-state index in [9.17, 15) is 18.4 Å². The van der Waals surface area contributed by atoms with Crippen molar-refractivity contribution in [2.24, 2.45) is 0 Å². The number of rotatable bonds is 5. The number of nitrogens with one attached hydrogen (secondary N) is 1. The molecule has 0 saturated carbocycles. The molecule has 0 spiro atoms. The summed E-state index contributed by atoms with van der Waals surface area (Å²) in [6.45, 7) is -0.440. The maximum atomic E-state index is 13.7. The Hall–Kier alpha value is -4.15. The lowest BCUT2D eigenvalue weighted by Gasteiger charge is -2.08. The van der Waals surface area contributed by atoms with E-state index >= 15 is 0 Å². The highest BCUT2D eigenvalue weighted by Gasteiger charge is 2.16. The number of benzene rings is 2. The Morgan fingerprint density at radius 3 is 2.80 bits per heavy atom. The molecule has 4 aromatic rings. The minimum atomic E-state index is -0.925. The van der Waals surface area contributed by atoms with Crippen molar-refractivity contribution in [3.8, 4) is 11.4 Å². The number of fused-ring (bicyclic) bond motifs is 1. The molecule has 152 valence electrons. The van der Waals surface area contributed by atoms with Crippen molar-refractivity contribution in [3.05, 3.63) is 70.8 Å². The molecule has 0 aliphatic rings. The SMILES string of the molecule is COc1cccc(-n2nnc3c(=O)n(CC(=O)Nc4ccc(F)cc4F)cnc32)c1. The molecule has 9 nitrogen and oxygen atoms in total. The molecular weight excluding hydrogens is 398 g/mol. The first-order chi connectivity index (χ1) is 14.5. The van der Waals surface area contributed by atoms with Crippen LogP contribution in [-0.4, -0.2) is 37.6 Å². The van der Waals surface area contributed by atoms with E-state index in [1.165, 1.54) is 18.1 Å². The van der Waals surface area contributed by atoms with Gasteiger partial charge in [0.1, 0.15) is 30.3 Å². The number of amides is 1. The third kappa shape index (κ3) is 3.60. The second kappa shape index (κ2) is 7.70. The van der Waals surface area contributed by atoms with E-state index in [2.05, 4.69) is 20.6 Å². The number of carbonyl (C=O) groups excluding carboxylic acids is 1. The summed E-state index contributed by atoms with van der Waals surface area (Å²) in [5, 5.41) is 10.1. The largest absolute Gasteiger partial charge is 0.497 e. The number of methoxy groups -OCH3 is 1. The number of hydrogen-bond acceptors (Lipinski definition) is 6. The molecule has 0 fully saturated rings. The fourth-order valence-electron chi connectivity index (χ4n) is 2.81. The lowest BCUT2D eigenvalue weighted by Crippen LogP contribution is -2.28. The molecule has 0 unspecified atom stereocenters. The Morgan fingerprint density at radius 1 is 1.20 bits per heavy atom. The van der Waals surface area contributed by atoms with Gasteiger partial charge in [0, 0.05) is 12.1 Å². The quantitative estimate of drug-likeness (QED) is 0.537. The van der Waals surface area contributed by atoms with Gasteiger partial charge in [0.25, 0.3) is 5.56 Å². The van der Waals surface area contributed by atoms with Crippen LogP contribution in [0, 0.1) is 11.6 Å². The van der Waals surface area contributed by atoms with Crippen LogP contribution in [0.15, 0.2) is 53.6 Å². The number of hydrogen-bond donors (Lipinski definition) is 1. The Labute approximate surface area is 167 Å². The van der Waals surface area contributed by atoms with E-state index in [1.807, 2.05) is 0 Å². The van der Waals surface area contributed by atoms with Crippen molar-refractivity contribution in [3.63, 3.8) is 0 Å². The molecule has 0 bridgehead atoms. The fourth-order valence-corrected chi connectivity index (χ4v) is 2.81. The molecule has 11 heteroatoms. The van der Waals surface area contributed by atoms with Crippen molar-refractivity contribution in [1.82, 2.24) is 24.5 Å². The zero-order valence-corrected chi connectivity index (χ0v) is 15.5. The second-order valence-electron chi connectivity index (χ2n) is 6.22. The third-order valence-electron chi connectivity index (χ3n) is 4.25. The van der Waals surface area contributed by atoms with Crippen molar-refractivity contribution >= 4 is 22.8 Å². The summed E-state index contributed by atoms with van der Waals surface area (Å²) < 4.78 is 34.2. The van der Waals surface area contributed by atoms with Crippen LogP contribution < -0.4 is 15.6 Å². The number of anilines is 1. The molecule has 4 rings (SSSR count). The van der Waals surface area contributed by atoms with E-state index in [0.717, 1.165) is 16.7 Å². The minimum absolute atomic E-state index is 0.0407. The van der Waals surface area contributed by atoms with Crippen molar-refractivity contribution < 1.29 is 18.3 Å². The number of ether oxygens (including phenoxy) is 1. The van der Waals surface area contributed by atoms with Gasteiger partial charge in [-0.3, -0.25) is 14.2 Å². The van der Waals surface area contributed by atoms with Gasteiger partial charge in [-0.15, -0.1) is 5.10 Å². The van der Waals surface area contributed by atoms with E-state index < -0.39 is 29.6 Å². The molecule has 0 atom stereocenters. The number of halogens is 2. The zero-order chi connectivity index (χ0) is 21.3. The van der Waals surface area contributed by atoms with Gasteiger partial charge in [0.15, 0.2) is 11.2 Å². The topological polar surface area (TPSA) is 104 Å². The maximum Gasteiger partial charge on any atom is 0.284 e. The molecule has 0 saturated heterocycles. The van der Waals surface area contributed by atoms with E-state index in [1.54, 1.807) is 24.3 Å². The highest BCUT2D eigenvalue weighted by Crippen LogP contribution is 2.18. The summed E-state index contributed by atoms with van der Waals surface area (Å²) in [5.74, 6) is -1.79.